The van der Waals surface area contributed by atoms with Gasteiger partial charge in [-0.05, 0) is 56.7 Å². The predicted molar refractivity (Wildman–Crippen MR) is 117 cm³/mol. The second-order valence-electron chi connectivity index (χ2n) is 6.55. The summed E-state index contributed by atoms with van der Waals surface area (Å²) < 4.78 is 0. The van der Waals surface area contributed by atoms with E-state index in [1.165, 1.54) is 18.7 Å². The molecule has 0 unspecified atom stereocenters. The third kappa shape index (κ3) is 5.74. The molecule has 0 fully saturated rings. The van der Waals surface area contributed by atoms with Crippen LogP contribution < -0.4 is 10.9 Å². The zero-order chi connectivity index (χ0) is 21.7. The smallest absolute Gasteiger partial charge is 0.279 e. The van der Waals surface area contributed by atoms with Crippen molar-refractivity contribution in [3.05, 3.63) is 74.7 Å². The fourth-order valence-electron chi connectivity index (χ4n) is 2.55. The van der Waals surface area contributed by atoms with Crippen LogP contribution in [-0.2, 0) is 5.75 Å². The minimum atomic E-state index is -0.470. The Bertz CT molecular complexity index is 1070. The Morgan fingerprint density at radius 3 is 2.10 bits per heavy atom. The Morgan fingerprint density at radius 1 is 0.900 bits per heavy atom. The first-order chi connectivity index (χ1) is 14.3. The Morgan fingerprint density at radius 2 is 1.50 bits per heavy atom. The molecule has 0 saturated heterocycles. The van der Waals surface area contributed by atoms with Gasteiger partial charge in [0.05, 0.1) is 9.75 Å². The lowest BCUT2D eigenvalue weighted by molar-refractivity contribution is 0.0849. The molecule has 2 amide bonds. The monoisotopic (exact) mass is 440 g/mol. The van der Waals surface area contributed by atoms with E-state index in [-0.39, 0.29) is 5.78 Å². The van der Waals surface area contributed by atoms with Gasteiger partial charge >= 0.3 is 0 Å². The lowest BCUT2D eigenvalue weighted by Gasteiger charge is -2.07. The Labute approximate surface area is 182 Å². The summed E-state index contributed by atoms with van der Waals surface area (Å²) in [5, 5.41) is 0.721. The number of thioether (sulfide) groups is 1. The van der Waals surface area contributed by atoms with Gasteiger partial charge in [-0.2, -0.15) is 0 Å². The summed E-state index contributed by atoms with van der Waals surface area (Å²) in [7, 11) is 0. The van der Waals surface area contributed by atoms with Crippen molar-refractivity contribution < 1.29 is 14.4 Å². The molecule has 0 radical (unpaired) electrons. The number of nitrogens with one attached hydrogen (secondary N) is 2. The van der Waals surface area contributed by atoms with Gasteiger partial charge in [-0.15, -0.1) is 11.3 Å². The molecule has 0 saturated carbocycles. The molecule has 2 heterocycles. The van der Waals surface area contributed by atoms with Crippen molar-refractivity contribution in [2.45, 2.75) is 31.7 Å². The highest BCUT2D eigenvalue weighted by Gasteiger charge is 2.13. The number of Topliss-reactive ketones (excluding diaryl/α,β-unsaturated/α-hetero) is 1. The van der Waals surface area contributed by atoms with Crippen molar-refractivity contribution in [2.24, 2.45) is 0 Å². The molecule has 9 heteroatoms. The van der Waals surface area contributed by atoms with Crippen molar-refractivity contribution in [3.8, 4) is 0 Å². The average molecular weight is 441 g/mol. The van der Waals surface area contributed by atoms with Crippen LogP contribution in [0, 0.1) is 13.8 Å². The minimum absolute atomic E-state index is 0.106. The van der Waals surface area contributed by atoms with E-state index < -0.39 is 11.8 Å². The van der Waals surface area contributed by atoms with Gasteiger partial charge in [-0.25, -0.2) is 9.97 Å². The van der Waals surface area contributed by atoms with Crippen LogP contribution in [-0.4, -0.2) is 27.6 Å². The summed E-state index contributed by atoms with van der Waals surface area (Å²) >= 11 is 2.61. The van der Waals surface area contributed by atoms with E-state index in [9.17, 15) is 14.4 Å². The second-order valence-corrected chi connectivity index (χ2v) is 8.57. The van der Waals surface area contributed by atoms with E-state index in [2.05, 4.69) is 20.8 Å². The topological polar surface area (TPSA) is 101 Å². The molecule has 0 aliphatic carbocycles. The summed E-state index contributed by atoms with van der Waals surface area (Å²) in [6, 6.07) is 12.2. The summed E-state index contributed by atoms with van der Waals surface area (Å²) in [5.41, 5.74) is 8.05. The fraction of sp³-hybridized carbons (Fsp3) is 0.190. The van der Waals surface area contributed by atoms with Gasteiger partial charge < -0.3 is 0 Å². The van der Waals surface area contributed by atoms with E-state index in [0.717, 1.165) is 33.4 Å². The summed E-state index contributed by atoms with van der Waals surface area (Å²) in [4.78, 5) is 45.3. The first-order valence-corrected chi connectivity index (χ1v) is 10.9. The molecular formula is C21H20N4O3S2. The van der Waals surface area contributed by atoms with E-state index in [0.29, 0.717) is 21.1 Å². The first-order valence-electron chi connectivity index (χ1n) is 9.07. The lowest BCUT2D eigenvalue weighted by atomic mass is 10.1. The van der Waals surface area contributed by atoms with Crippen LogP contribution in [0.15, 0.2) is 47.6 Å². The molecular weight excluding hydrogens is 420 g/mol. The number of hydrogen-bond donors (Lipinski definition) is 2. The van der Waals surface area contributed by atoms with Crippen molar-refractivity contribution in [3.63, 3.8) is 0 Å². The van der Waals surface area contributed by atoms with Crippen molar-refractivity contribution in [1.29, 1.82) is 0 Å². The van der Waals surface area contributed by atoms with Gasteiger partial charge in [0.15, 0.2) is 10.9 Å². The molecule has 30 heavy (non-hydrogen) atoms. The van der Waals surface area contributed by atoms with Gasteiger partial charge in [0, 0.05) is 22.7 Å². The SMILES string of the molecule is CC(=O)c1ccc(C(=O)NNC(=O)c2ccc(CSc3nc(C)cc(C)n3)cc2)s1. The normalized spacial score (nSPS) is 10.5. The van der Waals surface area contributed by atoms with Crippen LogP contribution in [0.3, 0.4) is 0 Å². The number of hydrogen-bond acceptors (Lipinski definition) is 7. The molecule has 2 aromatic heterocycles. The highest BCUT2D eigenvalue weighted by Crippen LogP contribution is 2.20. The van der Waals surface area contributed by atoms with Gasteiger partial charge in [-0.3, -0.25) is 25.2 Å². The number of ketones is 1. The molecule has 3 aromatic rings. The number of rotatable bonds is 6. The number of carbonyl (C=O) groups is 3. The maximum atomic E-state index is 12.3. The van der Waals surface area contributed by atoms with Crippen LogP contribution >= 0.6 is 23.1 Å². The summed E-state index contributed by atoms with van der Waals surface area (Å²) in [6.45, 7) is 5.31. The van der Waals surface area contributed by atoms with Crippen LogP contribution in [0.4, 0.5) is 0 Å². The second kappa shape index (κ2) is 9.64. The average Bonchev–Trinajstić information content (AvgIpc) is 3.21. The largest absolute Gasteiger partial charge is 0.294 e. The fourth-order valence-corrected chi connectivity index (χ4v) is 4.26. The molecule has 0 bridgehead atoms. The quantitative estimate of drug-likeness (QED) is 0.262. The zero-order valence-corrected chi connectivity index (χ0v) is 18.3. The lowest BCUT2D eigenvalue weighted by Crippen LogP contribution is -2.41. The molecule has 154 valence electrons. The van der Waals surface area contributed by atoms with E-state index in [1.807, 2.05) is 32.0 Å². The molecule has 0 atom stereocenters. The van der Waals surface area contributed by atoms with Crippen LogP contribution in [0.5, 0.6) is 0 Å². The Balaban J connectivity index is 1.52. The van der Waals surface area contributed by atoms with Gasteiger partial charge in [0.25, 0.3) is 11.8 Å². The standard InChI is InChI=1S/C21H20N4O3S2/c1-12-10-13(2)23-21(22-12)29-11-15-4-6-16(7-5-15)19(27)24-25-20(28)18-9-8-17(30-18)14(3)26/h4-10H,11H2,1-3H3,(H,24,27)(H,25,28). The number of aryl methyl sites for hydroxylation is 2. The first kappa shape index (κ1) is 21.7. The molecule has 0 spiro atoms. The molecule has 1 aromatic carbocycles. The van der Waals surface area contributed by atoms with Crippen molar-refractivity contribution in [1.82, 2.24) is 20.8 Å². The number of benzene rings is 1. The zero-order valence-electron chi connectivity index (χ0n) is 16.7. The number of thiophene rings is 1. The van der Waals surface area contributed by atoms with E-state index >= 15 is 0 Å². The molecule has 3 rings (SSSR count). The van der Waals surface area contributed by atoms with E-state index in [4.69, 9.17) is 0 Å². The minimum Gasteiger partial charge on any atom is -0.294 e. The predicted octanol–water partition coefficient (Wildman–Crippen LogP) is 3.72. The number of amides is 2. The molecule has 7 nitrogen and oxygen atoms in total. The Kier molecular flexibility index (Phi) is 6.96. The van der Waals surface area contributed by atoms with Gasteiger partial charge in [-0.1, -0.05) is 23.9 Å². The van der Waals surface area contributed by atoms with Crippen LogP contribution in [0.1, 0.15) is 53.6 Å². The number of carbonyl (C=O) groups excluding carboxylic acids is 3. The van der Waals surface area contributed by atoms with E-state index in [1.54, 1.807) is 24.3 Å². The maximum Gasteiger partial charge on any atom is 0.279 e. The third-order valence-corrected chi connectivity index (χ3v) is 6.12. The number of hydrazine groups is 1. The molecule has 0 aliphatic heterocycles. The summed E-state index contributed by atoms with van der Waals surface area (Å²) in [5.74, 6) is -0.324. The van der Waals surface area contributed by atoms with Crippen LogP contribution in [0.2, 0.25) is 0 Å². The highest BCUT2D eigenvalue weighted by atomic mass is 32.2. The maximum absolute atomic E-state index is 12.3. The van der Waals surface area contributed by atoms with Gasteiger partial charge in [0.1, 0.15) is 0 Å². The van der Waals surface area contributed by atoms with Crippen LogP contribution in [0.25, 0.3) is 0 Å². The van der Waals surface area contributed by atoms with Crippen molar-refractivity contribution in [2.75, 3.05) is 0 Å². The molecule has 0 aliphatic rings. The summed E-state index contributed by atoms with van der Waals surface area (Å²) in [6.07, 6.45) is 0. The number of aromatic nitrogens is 2. The number of nitrogens with zero attached hydrogens (tertiary/aromatic N) is 2. The third-order valence-electron chi connectivity index (χ3n) is 4.01. The highest BCUT2D eigenvalue weighted by molar-refractivity contribution is 7.98. The Hall–Kier alpha value is -3.04. The van der Waals surface area contributed by atoms with Crippen molar-refractivity contribution >= 4 is 40.7 Å². The molecule has 2 N–H and O–H groups in total. The van der Waals surface area contributed by atoms with Gasteiger partial charge in [0.2, 0.25) is 0 Å².